The quantitative estimate of drug-likeness (QED) is 0.348. The number of amides is 1. The van der Waals surface area contributed by atoms with E-state index in [2.05, 4.69) is 12.6 Å². The molecule has 1 saturated heterocycles. The van der Waals surface area contributed by atoms with E-state index < -0.39 is 41.0 Å². The van der Waals surface area contributed by atoms with Crippen LogP contribution in [0.3, 0.4) is 0 Å². The molecule has 0 aromatic heterocycles. The summed E-state index contributed by atoms with van der Waals surface area (Å²) in [6.07, 6.45) is -9.40. The molecule has 1 atom stereocenters. The number of nitrogens with one attached hydrogen (secondary N) is 1. The zero-order chi connectivity index (χ0) is 22.3. The summed E-state index contributed by atoms with van der Waals surface area (Å²) in [5, 5.41) is 8.86. The number of carboxylic acids is 1. The molecule has 0 spiro atoms. The second-order valence-electron chi connectivity index (χ2n) is 5.87. The van der Waals surface area contributed by atoms with E-state index in [-0.39, 0.29) is 6.61 Å². The first-order chi connectivity index (χ1) is 12.5. The van der Waals surface area contributed by atoms with E-state index in [0.717, 1.165) is 0 Å². The summed E-state index contributed by atoms with van der Waals surface area (Å²) in [4.78, 5) is 33.9. The lowest BCUT2D eigenvalue weighted by Gasteiger charge is -2.41. The molecular weight excluding hydrogens is 422 g/mol. The van der Waals surface area contributed by atoms with Gasteiger partial charge in [-0.1, -0.05) is 0 Å². The Bertz CT molecular complexity index is 561. The average molecular weight is 442 g/mol. The number of likely N-dealkylation sites (tertiary alicyclic amines) is 1. The number of carboxylic acid groups (broad SMARTS) is 1. The number of carbonyl (C=O) groups is 3. The normalized spacial score (nSPS) is 18.3. The van der Waals surface area contributed by atoms with Crippen LogP contribution in [-0.4, -0.2) is 77.7 Å². The van der Waals surface area contributed by atoms with E-state index in [1.165, 1.54) is 0 Å². The Morgan fingerprint density at radius 1 is 1.14 bits per heavy atom. The summed E-state index contributed by atoms with van der Waals surface area (Å²) in [6.45, 7) is 2.70. The molecule has 0 aromatic rings. The van der Waals surface area contributed by atoms with Crippen molar-refractivity contribution in [1.29, 1.82) is 0 Å². The molecule has 1 unspecified atom stereocenters. The predicted molar refractivity (Wildman–Crippen MR) is 86.8 cm³/mol. The van der Waals surface area contributed by atoms with Crippen molar-refractivity contribution >= 4 is 30.5 Å². The van der Waals surface area contributed by atoms with Crippen molar-refractivity contribution in [3.8, 4) is 0 Å². The summed E-state index contributed by atoms with van der Waals surface area (Å²) in [7, 11) is 1.86. The molecule has 7 nitrogen and oxygen atoms in total. The highest BCUT2D eigenvalue weighted by Crippen LogP contribution is 2.33. The Hall–Kier alpha value is -1.70. The molecular formula is C14H20F6N2O5S. The number of hydrogen-bond acceptors (Lipinski definition) is 6. The van der Waals surface area contributed by atoms with Crippen LogP contribution in [0.5, 0.6) is 0 Å². The van der Waals surface area contributed by atoms with Gasteiger partial charge in [0.05, 0.1) is 6.61 Å². The van der Waals surface area contributed by atoms with Crippen molar-refractivity contribution in [1.82, 2.24) is 10.2 Å². The van der Waals surface area contributed by atoms with Crippen molar-refractivity contribution < 1.29 is 50.6 Å². The molecule has 1 aliphatic heterocycles. The Labute approximate surface area is 161 Å². The summed E-state index contributed by atoms with van der Waals surface area (Å²) in [5.74, 6) is -5.81. The van der Waals surface area contributed by atoms with Gasteiger partial charge in [0.25, 0.3) is 0 Å². The lowest BCUT2D eigenvalue weighted by molar-refractivity contribution is -0.192. The van der Waals surface area contributed by atoms with E-state index in [1.807, 2.05) is 11.9 Å². The molecule has 1 fully saturated rings. The van der Waals surface area contributed by atoms with Crippen LogP contribution in [0.4, 0.5) is 26.3 Å². The minimum atomic E-state index is -5.08. The smallest absolute Gasteiger partial charge is 0.475 e. The minimum absolute atomic E-state index is 0.0149. The molecule has 1 rings (SSSR count). The van der Waals surface area contributed by atoms with Gasteiger partial charge in [0, 0.05) is 4.75 Å². The molecule has 0 saturated carbocycles. The first-order valence-corrected chi connectivity index (χ1v) is 8.24. The SMILES string of the molecule is CCOC(=O)C(NC(=O)C(F)(F)F)C1(S)CCN(C)CC1.O=C(O)C(F)(F)F. The fraction of sp³-hybridized carbons (Fsp3) is 0.786. The van der Waals surface area contributed by atoms with Gasteiger partial charge in [-0.25, -0.2) is 9.59 Å². The van der Waals surface area contributed by atoms with Gasteiger partial charge in [-0.15, -0.1) is 0 Å². The van der Waals surface area contributed by atoms with E-state index in [1.54, 1.807) is 12.2 Å². The highest BCUT2D eigenvalue weighted by Gasteiger charge is 2.48. The standard InChI is InChI=1S/C12H19F3N2O3S.C2HF3O2/c1-3-20-9(18)8(16-10(19)12(13,14)15)11(21)4-6-17(2)7-5-11;3-2(4,5)1(6)7/h8,21H,3-7H2,1-2H3,(H,16,19);(H,6,7). The third-order valence-corrected chi connectivity index (χ3v) is 4.39. The fourth-order valence-corrected chi connectivity index (χ4v) is 2.52. The zero-order valence-electron chi connectivity index (χ0n) is 14.9. The van der Waals surface area contributed by atoms with Crippen molar-refractivity contribution in [3.63, 3.8) is 0 Å². The molecule has 0 aliphatic carbocycles. The third-order valence-electron chi connectivity index (χ3n) is 3.69. The number of halogens is 6. The van der Waals surface area contributed by atoms with Crippen molar-refractivity contribution in [2.75, 3.05) is 26.7 Å². The van der Waals surface area contributed by atoms with Crippen LogP contribution >= 0.6 is 12.6 Å². The maximum Gasteiger partial charge on any atom is 0.490 e. The second kappa shape index (κ2) is 10.2. The maximum atomic E-state index is 12.4. The number of ether oxygens (including phenoxy) is 1. The second-order valence-corrected chi connectivity index (χ2v) is 6.76. The van der Waals surface area contributed by atoms with E-state index in [0.29, 0.717) is 25.9 Å². The van der Waals surface area contributed by atoms with Crippen LogP contribution in [0.25, 0.3) is 0 Å². The lowest BCUT2D eigenvalue weighted by atomic mass is 9.88. The molecule has 2 N–H and O–H groups in total. The van der Waals surface area contributed by atoms with Gasteiger partial charge in [0.2, 0.25) is 0 Å². The van der Waals surface area contributed by atoms with E-state index in [9.17, 15) is 35.9 Å². The number of aliphatic carboxylic acids is 1. The molecule has 0 aromatic carbocycles. The monoisotopic (exact) mass is 442 g/mol. The van der Waals surface area contributed by atoms with Crippen molar-refractivity contribution in [3.05, 3.63) is 0 Å². The maximum absolute atomic E-state index is 12.4. The molecule has 1 heterocycles. The zero-order valence-corrected chi connectivity index (χ0v) is 15.7. The summed E-state index contributed by atoms with van der Waals surface area (Å²) < 4.78 is 72.7. The van der Waals surface area contributed by atoms with Crippen molar-refractivity contribution in [2.45, 2.75) is 42.9 Å². The number of piperidine rings is 1. The Morgan fingerprint density at radius 3 is 1.89 bits per heavy atom. The van der Waals surface area contributed by atoms with Gasteiger partial charge in [-0.2, -0.15) is 39.0 Å². The van der Waals surface area contributed by atoms with Crippen LogP contribution in [0, 0.1) is 0 Å². The number of esters is 1. The van der Waals surface area contributed by atoms with Crippen LogP contribution in [0.2, 0.25) is 0 Å². The van der Waals surface area contributed by atoms with Gasteiger partial charge >= 0.3 is 30.2 Å². The third kappa shape index (κ3) is 8.54. The summed E-state index contributed by atoms with van der Waals surface area (Å²) >= 11 is 4.38. The topological polar surface area (TPSA) is 95.9 Å². The summed E-state index contributed by atoms with van der Waals surface area (Å²) in [5.41, 5.74) is 0. The van der Waals surface area contributed by atoms with E-state index in [4.69, 9.17) is 14.6 Å². The lowest BCUT2D eigenvalue weighted by Crippen LogP contribution is -2.60. The Balaban J connectivity index is 0.000000887. The van der Waals surface area contributed by atoms with Gasteiger partial charge in [-0.3, -0.25) is 4.79 Å². The molecule has 28 heavy (non-hydrogen) atoms. The van der Waals surface area contributed by atoms with Gasteiger partial charge in [0.15, 0.2) is 0 Å². The number of nitrogens with zero attached hydrogens (tertiary/aromatic N) is 1. The largest absolute Gasteiger partial charge is 0.490 e. The Morgan fingerprint density at radius 2 is 1.57 bits per heavy atom. The van der Waals surface area contributed by atoms with Gasteiger partial charge < -0.3 is 20.1 Å². The minimum Gasteiger partial charge on any atom is -0.475 e. The first-order valence-electron chi connectivity index (χ1n) is 7.80. The highest BCUT2D eigenvalue weighted by atomic mass is 32.1. The van der Waals surface area contributed by atoms with Crippen LogP contribution < -0.4 is 5.32 Å². The van der Waals surface area contributed by atoms with E-state index >= 15 is 0 Å². The molecule has 164 valence electrons. The molecule has 0 radical (unpaired) electrons. The number of alkyl halides is 6. The van der Waals surface area contributed by atoms with Gasteiger partial charge in [-0.05, 0) is 39.9 Å². The average Bonchev–Trinajstić information content (AvgIpc) is 2.54. The molecule has 1 aliphatic rings. The fourth-order valence-electron chi connectivity index (χ4n) is 2.15. The number of thiol groups is 1. The number of rotatable bonds is 4. The number of hydrogen-bond donors (Lipinski definition) is 3. The molecule has 1 amide bonds. The van der Waals surface area contributed by atoms with Gasteiger partial charge in [0.1, 0.15) is 6.04 Å². The van der Waals surface area contributed by atoms with Crippen LogP contribution in [0.1, 0.15) is 19.8 Å². The first kappa shape index (κ1) is 26.3. The molecule has 14 heteroatoms. The summed E-state index contributed by atoms with van der Waals surface area (Å²) in [6, 6.07) is -1.43. The highest BCUT2D eigenvalue weighted by molar-refractivity contribution is 7.82. The van der Waals surface area contributed by atoms with Crippen LogP contribution in [0.15, 0.2) is 0 Å². The Kier molecular flexibility index (Phi) is 9.57. The van der Waals surface area contributed by atoms with Crippen LogP contribution in [-0.2, 0) is 19.1 Å². The number of carbonyl (C=O) groups excluding carboxylic acids is 2. The predicted octanol–water partition coefficient (Wildman–Crippen LogP) is 1.62. The molecule has 0 bridgehead atoms. The van der Waals surface area contributed by atoms with Crippen molar-refractivity contribution in [2.24, 2.45) is 0 Å².